The Labute approximate surface area is 100 Å². The van der Waals surface area contributed by atoms with Crippen molar-refractivity contribution in [3.63, 3.8) is 0 Å². The van der Waals surface area contributed by atoms with E-state index in [4.69, 9.17) is 5.11 Å². The van der Waals surface area contributed by atoms with Crippen molar-refractivity contribution in [3.05, 3.63) is 35.4 Å². The summed E-state index contributed by atoms with van der Waals surface area (Å²) in [5, 5.41) is 8.52. The van der Waals surface area contributed by atoms with Crippen LogP contribution in [0.2, 0.25) is 0 Å². The highest BCUT2D eigenvalue weighted by molar-refractivity contribution is 5.92. The van der Waals surface area contributed by atoms with Crippen LogP contribution in [-0.4, -0.2) is 24.8 Å². The molecule has 0 unspecified atom stereocenters. The Bertz CT molecular complexity index is 509. The van der Waals surface area contributed by atoms with Gasteiger partial charge < -0.3 is 9.84 Å². The van der Waals surface area contributed by atoms with Gasteiger partial charge >= 0.3 is 5.97 Å². The molecule has 86 valence electrons. The number of rotatable bonds is 2. The van der Waals surface area contributed by atoms with Gasteiger partial charge in [-0.3, -0.25) is 0 Å². The second-order valence-electron chi connectivity index (χ2n) is 3.06. The molecule has 0 radical (unpaired) electrons. The molecule has 1 N–H and O–H groups in total. The highest BCUT2D eigenvalue weighted by atomic mass is 16.5. The average Bonchev–Trinajstić information content (AvgIpc) is 2.38. The summed E-state index contributed by atoms with van der Waals surface area (Å²) in [5.74, 6) is 10.3. The monoisotopic (exact) mass is 228 g/mol. The van der Waals surface area contributed by atoms with Crippen LogP contribution in [0.3, 0.4) is 0 Å². The summed E-state index contributed by atoms with van der Waals surface area (Å²) in [6, 6.07) is 6.91. The molecule has 0 bridgehead atoms. The molecule has 17 heavy (non-hydrogen) atoms. The van der Waals surface area contributed by atoms with Crippen LogP contribution in [0.15, 0.2) is 24.3 Å². The van der Waals surface area contributed by atoms with Crippen LogP contribution in [0.25, 0.3) is 0 Å². The van der Waals surface area contributed by atoms with Crippen LogP contribution in [0.4, 0.5) is 0 Å². The van der Waals surface area contributed by atoms with E-state index in [1.807, 2.05) is 0 Å². The van der Waals surface area contributed by atoms with Crippen molar-refractivity contribution < 1.29 is 14.6 Å². The van der Waals surface area contributed by atoms with Crippen molar-refractivity contribution in [2.45, 2.75) is 6.42 Å². The molecule has 0 amide bonds. The highest BCUT2D eigenvalue weighted by Crippen LogP contribution is 2.08. The lowest BCUT2D eigenvalue weighted by molar-refractivity contribution is 0.0600. The Morgan fingerprint density at radius 3 is 2.82 bits per heavy atom. The molecule has 1 aromatic rings. The fourth-order valence-corrected chi connectivity index (χ4v) is 1.14. The van der Waals surface area contributed by atoms with Crippen molar-refractivity contribution in [1.29, 1.82) is 0 Å². The summed E-state index contributed by atoms with van der Waals surface area (Å²) in [6.07, 6.45) is 0.396. The number of ether oxygens (including phenoxy) is 1. The first-order valence-corrected chi connectivity index (χ1v) is 5.06. The largest absolute Gasteiger partial charge is 0.465 e. The van der Waals surface area contributed by atoms with Gasteiger partial charge in [-0.25, -0.2) is 4.79 Å². The number of carbonyl (C=O) groups is 1. The number of aliphatic hydroxyl groups excluding tert-OH is 1. The Morgan fingerprint density at radius 2 is 2.12 bits per heavy atom. The molecule has 0 aromatic heterocycles. The lowest BCUT2D eigenvalue weighted by Gasteiger charge is -2.00. The van der Waals surface area contributed by atoms with Crippen molar-refractivity contribution >= 4 is 5.97 Å². The number of aliphatic hydroxyl groups is 1. The maximum Gasteiger partial charge on any atom is 0.339 e. The Balaban J connectivity index is 2.92. The molecule has 0 saturated carbocycles. The molecular weight excluding hydrogens is 216 g/mol. The molecule has 0 atom stereocenters. The van der Waals surface area contributed by atoms with Crippen molar-refractivity contribution in [2.75, 3.05) is 13.7 Å². The van der Waals surface area contributed by atoms with Crippen molar-refractivity contribution in [3.8, 4) is 23.7 Å². The molecule has 0 spiro atoms. The lowest BCUT2D eigenvalue weighted by atomic mass is 10.1. The van der Waals surface area contributed by atoms with Gasteiger partial charge in [-0.05, 0) is 24.0 Å². The Morgan fingerprint density at radius 1 is 1.35 bits per heavy atom. The molecule has 0 aliphatic carbocycles. The van der Waals surface area contributed by atoms with Crippen LogP contribution in [-0.2, 0) is 4.74 Å². The highest BCUT2D eigenvalue weighted by Gasteiger charge is 2.08. The van der Waals surface area contributed by atoms with Crippen LogP contribution in [0.5, 0.6) is 0 Å². The average molecular weight is 228 g/mol. The van der Waals surface area contributed by atoms with E-state index in [0.29, 0.717) is 17.5 Å². The standard InChI is InChI=1S/C14H12O3/c1-17-14(16)13-10-6-5-9-12(13)8-4-2-3-7-11-15/h5-6,9-10,15H,7,11H2,1H3. The van der Waals surface area contributed by atoms with Gasteiger partial charge in [0.2, 0.25) is 0 Å². The van der Waals surface area contributed by atoms with E-state index in [1.165, 1.54) is 7.11 Å². The molecule has 0 aliphatic heterocycles. The smallest absolute Gasteiger partial charge is 0.339 e. The van der Waals surface area contributed by atoms with Crippen molar-refractivity contribution in [1.82, 2.24) is 0 Å². The second-order valence-corrected chi connectivity index (χ2v) is 3.06. The third-order valence-corrected chi connectivity index (χ3v) is 1.92. The summed E-state index contributed by atoms with van der Waals surface area (Å²) in [5.41, 5.74) is 1.00. The number of hydrogen-bond acceptors (Lipinski definition) is 3. The summed E-state index contributed by atoms with van der Waals surface area (Å²) < 4.78 is 4.65. The first-order valence-electron chi connectivity index (χ1n) is 5.06. The minimum Gasteiger partial charge on any atom is -0.465 e. The van der Waals surface area contributed by atoms with E-state index in [2.05, 4.69) is 28.4 Å². The molecule has 3 heteroatoms. The molecule has 0 heterocycles. The van der Waals surface area contributed by atoms with E-state index in [9.17, 15) is 4.79 Å². The van der Waals surface area contributed by atoms with Gasteiger partial charge in [-0.2, -0.15) is 0 Å². The third kappa shape index (κ3) is 4.03. The van der Waals surface area contributed by atoms with E-state index in [-0.39, 0.29) is 6.61 Å². The summed E-state index contributed by atoms with van der Waals surface area (Å²) >= 11 is 0. The summed E-state index contributed by atoms with van der Waals surface area (Å²) in [7, 11) is 1.33. The first-order chi connectivity index (χ1) is 8.29. The number of esters is 1. The van der Waals surface area contributed by atoms with Crippen molar-refractivity contribution in [2.24, 2.45) is 0 Å². The molecule has 0 saturated heterocycles. The van der Waals surface area contributed by atoms with Gasteiger partial charge in [-0.15, -0.1) is 0 Å². The van der Waals surface area contributed by atoms with Crippen LogP contribution < -0.4 is 0 Å². The van der Waals surface area contributed by atoms with Gasteiger partial charge in [0, 0.05) is 12.0 Å². The molecule has 0 fully saturated rings. The quantitative estimate of drug-likeness (QED) is 0.611. The SMILES string of the molecule is COC(=O)c1ccccc1C#CC#CCCO. The predicted molar refractivity (Wildman–Crippen MR) is 64.1 cm³/mol. The van der Waals surface area contributed by atoms with E-state index < -0.39 is 5.97 Å². The van der Waals surface area contributed by atoms with Gasteiger partial charge in [0.25, 0.3) is 0 Å². The second kappa shape index (κ2) is 7.11. The predicted octanol–water partition coefficient (Wildman–Crippen LogP) is 1.21. The molecule has 0 aliphatic rings. The molecule has 1 rings (SSSR count). The van der Waals surface area contributed by atoms with Crippen LogP contribution in [0, 0.1) is 23.7 Å². The zero-order valence-corrected chi connectivity index (χ0v) is 9.49. The van der Waals surface area contributed by atoms with Crippen LogP contribution in [0.1, 0.15) is 22.3 Å². The zero-order valence-electron chi connectivity index (χ0n) is 9.49. The van der Waals surface area contributed by atoms with Gasteiger partial charge in [0.05, 0.1) is 19.3 Å². The fraction of sp³-hybridized carbons (Fsp3) is 0.214. The maximum atomic E-state index is 11.4. The Hall–Kier alpha value is -2.23. The first kappa shape index (κ1) is 12.8. The number of methoxy groups -OCH3 is 1. The minimum atomic E-state index is -0.418. The fourth-order valence-electron chi connectivity index (χ4n) is 1.14. The van der Waals surface area contributed by atoms with Gasteiger partial charge in [0.15, 0.2) is 0 Å². The topological polar surface area (TPSA) is 46.5 Å². The summed E-state index contributed by atoms with van der Waals surface area (Å²) in [6.45, 7) is 0.0213. The van der Waals surface area contributed by atoms with E-state index in [1.54, 1.807) is 24.3 Å². The van der Waals surface area contributed by atoms with Gasteiger partial charge in [-0.1, -0.05) is 24.0 Å². The van der Waals surface area contributed by atoms with E-state index >= 15 is 0 Å². The molecule has 1 aromatic carbocycles. The molecule has 3 nitrogen and oxygen atoms in total. The van der Waals surface area contributed by atoms with E-state index in [0.717, 1.165) is 0 Å². The van der Waals surface area contributed by atoms with Crippen LogP contribution >= 0.6 is 0 Å². The number of benzene rings is 1. The Kier molecular flexibility index (Phi) is 5.37. The number of hydrogen-bond donors (Lipinski definition) is 1. The van der Waals surface area contributed by atoms with Gasteiger partial charge in [0.1, 0.15) is 0 Å². The summed E-state index contributed by atoms with van der Waals surface area (Å²) in [4.78, 5) is 11.4. The minimum absolute atomic E-state index is 0.0213. The third-order valence-electron chi connectivity index (χ3n) is 1.92. The number of carbonyl (C=O) groups excluding carboxylic acids is 1. The normalized spacial score (nSPS) is 8.35. The molecular formula is C14H12O3. The zero-order chi connectivity index (χ0) is 12.5. The lowest BCUT2D eigenvalue weighted by Crippen LogP contribution is -2.03. The maximum absolute atomic E-state index is 11.4.